The topological polar surface area (TPSA) is 70.3 Å². The molecule has 0 aliphatic carbocycles. The van der Waals surface area contributed by atoms with Crippen LogP contribution in [0.5, 0.6) is 0 Å². The molecule has 6 nitrogen and oxygen atoms in total. The van der Waals surface area contributed by atoms with Gasteiger partial charge in [0.25, 0.3) is 0 Å². The Morgan fingerprint density at radius 1 is 1.21 bits per heavy atom. The Bertz CT molecular complexity index is 712. The van der Waals surface area contributed by atoms with Gasteiger partial charge in [0.15, 0.2) is 11.0 Å². The zero-order valence-electron chi connectivity index (χ0n) is 14.1. The highest BCUT2D eigenvalue weighted by molar-refractivity contribution is 6.32. The number of nitrogens with zero attached hydrogens (tertiary/aromatic N) is 4. The number of hydrogen-bond acceptors (Lipinski definition) is 6. The van der Waals surface area contributed by atoms with E-state index in [0.717, 1.165) is 44.1 Å². The van der Waals surface area contributed by atoms with E-state index in [1.54, 1.807) is 0 Å². The molecular weight excluding hydrogens is 324 g/mol. The van der Waals surface area contributed by atoms with Crippen molar-refractivity contribution in [2.45, 2.75) is 13.8 Å². The van der Waals surface area contributed by atoms with Crippen molar-refractivity contribution >= 4 is 34.5 Å². The van der Waals surface area contributed by atoms with Crippen LogP contribution < -0.4 is 16.0 Å². The quantitative estimate of drug-likeness (QED) is 0.829. The summed E-state index contributed by atoms with van der Waals surface area (Å²) in [5, 5.41) is 3.59. The summed E-state index contributed by atoms with van der Waals surface area (Å²) in [4.78, 5) is 13.0. The van der Waals surface area contributed by atoms with Crippen LogP contribution in [0.4, 0.5) is 22.9 Å². The Balaban J connectivity index is 1.87. The molecular formula is C17H23ClN6. The van der Waals surface area contributed by atoms with Gasteiger partial charge < -0.3 is 20.9 Å². The normalized spacial score (nSPS) is 15.5. The second-order valence-electron chi connectivity index (χ2n) is 5.99. The lowest BCUT2D eigenvalue weighted by molar-refractivity contribution is 0.271. The highest BCUT2D eigenvalue weighted by Crippen LogP contribution is 2.33. The number of rotatable bonds is 4. The predicted octanol–water partition coefficient (Wildman–Crippen LogP) is 2.91. The first-order valence-electron chi connectivity index (χ1n) is 8.19. The molecule has 0 saturated carbocycles. The second-order valence-corrected chi connectivity index (χ2v) is 6.35. The summed E-state index contributed by atoms with van der Waals surface area (Å²) in [6.45, 7) is 9.53. The van der Waals surface area contributed by atoms with E-state index in [2.05, 4.69) is 57.1 Å². The first kappa shape index (κ1) is 16.8. The Kier molecular flexibility index (Phi) is 5.06. The zero-order valence-corrected chi connectivity index (χ0v) is 14.8. The number of hydrogen-bond donors (Lipinski definition) is 2. The van der Waals surface area contributed by atoms with Crippen molar-refractivity contribution in [3.63, 3.8) is 0 Å². The van der Waals surface area contributed by atoms with Gasteiger partial charge in [-0.3, -0.25) is 0 Å². The Labute approximate surface area is 147 Å². The number of aromatic nitrogens is 2. The predicted molar refractivity (Wildman–Crippen MR) is 100 cm³/mol. The van der Waals surface area contributed by atoms with E-state index in [0.29, 0.717) is 11.5 Å². The van der Waals surface area contributed by atoms with Gasteiger partial charge in [0.05, 0.1) is 11.4 Å². The summed E-state index contributed by atoms with van der Waals surface area (Å²) in [6.07, 6.45) is 1.41. The fraction of sp³-hybridized carbons (Fsp3) is 0.412. The molecule has 1 fully saturated rings. The fourth-order valence-electron chi connectivity index (χ4n) is 2.93. The van der Waals surface area contributed by atoms with E-state index in [-0.39, 0.29) is 5.15 Å². The molecule has 1 aliphatic rings. The number of likely N-dealkylation sites (N-methyl/N-ethyl adjacent to an activating group) is 1. The van der Waals surface area contributed by atoms with Gasteiger partial charge in [-0.2, -0.15) is 0 Å². The number of piperazine rings is 1. The maximum atomic E-state index is 6.00. The molecule has 1 aromatic heterocycles. The molecule has 3 rings (SSSR count). The van der Waals surface area contributed by atoms with E-state index in [9.17, 15) is 0 Å². The Hall–Kier alpha value is -2.05. The van der Waals surface area contributed by atoms with Gasteiger partial charge in [-0.15, -0.1) is 0 Å². The van der Waals surface area contributed by atoms with E-state index in [1.807, 2.05) is 0 Å². The number of aryl methyl sites for hydroxylation is 1. The van der Waals surface area contributed by atoms with Gasteiger partial charge in [0.2, 0.25) is 0 Å². The van der Waals surface area contributed by atoms with Crippen LogP contribution in [0.2, 0.25) is 5.15 Å². The SMILES string of the molecule is CCN1CCN(c2ccc(C)cc2Nc2ncnc(Cl)c2N)CC1. The summed E-state index contributed by atoms with van der Waals surface area (Å²) >= 11 is 6.00. The van der Waals surface area contributed by atoms with E-state index >= 15 is 0 Å². The van der Waals surface area contributed by atoms with E-state index in [4.69, 9.17) is 17.3 Å². The molecule has 1 aliphatic heterocycles. The molecule has 0 spiro atoms. The lowest BCUT2D eigenvalue weighted by Crippen LogP contribution is -2.46. The first-order valence-corrected chi connectivity index (χ1v) is 8.57. The van der Waals surface area contributed by atoms with Crippen molar-refractivity contribution < 1.29 is 0 Å². The van der Waals surface area contributed by atoms with E-state index in [1.165, 1.54) is 11.9 Å². The molecule has 24 heavy (non-hydrogen) atoms. The standard InChI is InChI=1S/C17H23ClN6/c1-3-23-6-8-24(9-7-23)14-5-4-12(2)10-13(14)22-17-15(19)16(18)20-11-21-17/h4-5,10-11H,3,6-9,19H2,1-2H3,(H,20,21,22). The number of benzene rings is 1. The summed E-state index contributed by atoms with van der Waals surface area (Å²) < 4.78 is 0. The number of nitrogens with one attached hydrogen (secondary N) is 1. The van der Waals surface area contributed by atoms with Crippen molar-refractivity contribution in [3.8, 4) is 0 Å². The minimum Gasteiger partial charge on any atom is -0.393 e. The van der Waals surface area contributed by atoms with E-state index < -0.39 is 0 Å². The van der Waals surface area contributed by atoms with Crippen LogP contribution in [0.15, 0.2) is 24.5 Å². The lowest BCUT2D eigenvalue weighted by atomic mass is 10.1. The van der Waals surface area contributed by atoms with Crippen LogP contribution in [-0.4, -0.2) is 47.6 Å². The number of nitrogen functional groups attached to an aromatic ring is 1. The number of anilines is 4. The van der Waals surface area contributed by atoms with Gasteiger partial charge in [-0.1, -0.05) is 24.6 Å². The molecule has 128 valence electrons. The maximum absolute atomic E-state index is 6.00. The highest BCUT2D eigenvalue weighted by Gasteiger charge is 2.19. The molecule has 3 N–H and O–H groups in total. The molecule has 1 saturated heterocycles. The van der Waals surface area contributed by atoms with Crippen LogP contribution in [0.25, 0.3) is 0 Å². The molecule has 1 aromatic carbocycles. The molecule has 7 heteroatoms. The molecule has 2 aromatic rings. The zero-order chi connectivity index (χ0) is 17.1. The number of nitrogens with two attached hydrogens (primary N) is 1. The average molecular weight is 347 g/mol. The minimum atomic E-state index is 0.262. The largest absolute Gasteiger partial charge is 0.393 e. The average Bonchev–Trinajstić information content (AvgIpc) is 2.59. The van der Waals surface area contributed by atoms with Gasteiger partial charge in [-0.25, -0.2) is 9.97 Å². The minimum absolute atomic E-state index is 0.262. The van der Waals surface area contributed by atoms with Crippen molar-refractivity contribution in [1.82, 2.24) is 14.9 Å². The second kappa shape index (κ2) is 7.23. The summed E-state index contributed by atoms with van der Waals surface area (Å²) in [5.41, 5.74) is 9.68. The van der Waals surface area contributed by atoms with Crippen molar-refractivity contribution in [3.05, 3.63) is 35.2 Å². The van der Waals surface area contributed by atoms with Crippen molar-refractivity contribution in [2.24, 2.45) is 0 Å². The molecule has 0 bridgehead atoms. The molecule has 2 heterocycles. The summed E-state index contributed by atoms with van der Waals surface area (Å²) in [7, 11) is 0. The van der Waals surface area contributed by atoms with Crippen LogP contribution in [0.1, 0.15) is 12.5 Å². The fourth-order valence-corrected chi connectivity index (χ4v) is 3.07. The van der Waals surface area contributed by atoms with Crippen LogP contribution in [0.3, 0.4) is 0 Å². The molecule has 0 unspecified atom stereocenters. The van der Waals surface area contributed by atoms with Gasteiger partial charge in [-0.05, 0) is 31.2 Å². The third-order valence-corrected chi connectivity index (χ3v) is 4.70. The Morgan fingerprint density at radius 2 is 1.96 bits per heavy atom. The third kappa shape index (κ3) is 3.55. The van der Waals surface area contributed by atoms with Crippen LogP contribution in [0, 0.1) is 6.92 Å². The van der Waals surface area contributed by atoms with Crippen molar-refractivity contribution in [1.29, 1.82) is 0 Å². The van der Waals surface area contributed by atoms with Gasteiger partial charge in [0, 0.05) is 26.2 Å². The smallest absolute Gasteiger partial charge is 0.158 e. The number of halogens is 1. The van der Waals surface area contributed by atoms with Crippen LogP contribution in [-0.2, 0) is 0 Å². The van der Waals surface area contributed by atoms with Gasteiger partial charge >= 0.3 is 0 Å². The lowest BCUT2D eigenvalue weighted by Gasteiger charge is -2.36. The third-order valence-electron chi connectivity index (χ3n) is 4.40. The van der Waals surface area contributed by atoms with Gasteiger partial charge in [0.1, 0.15) is 12.0 Å². The van der Waals surface area contributed by atoms with Crippen molar-refractivity contribution in [2.75, 3.05) is 48.7 Å². The Morgan fingerprint density at radius 3 is 2.67 bits per heavy atom. The summed E-state index contributed by atoms with van der Waals surface area (Å²) in [6, 6.07) is 6.39. The van der Waals surface area contributed by atoms with Crippen LogP contribution >= 0.6 is 11.6 Å². The molecule has 0 radical (unpaired) electrons. The maximum Gasteiger partial charge on any atom is 0.158 e. The first-order chi connectivity index (χ1) is 11.6. The molecule has 0 amide bonds. The highest BCUT2D eigenvalue weighted by atomic mass is 35.5. The molecule has 0 atom stereocenters. The summed E-state index contributed by atoms with van der Waals surface area (Å²) in [5.74, 6) is 0.536. The monoisotopic (exact) mass is 346 g/mol.